The van der Waals surface area contributed by atoms with Crippen molar-refractivity contribution < 1.29 is 4.79 Å². The molecule has 4 rings (SSSR count). The van der Waals surface area contributed by atoms with Crippen molar-refractivity contribution in [3.05, 3.63) is 52.7 Å². The van der Waals surface area contributed by atoms with E-state index in [-0.39, 0.29) is 5.91 Å². The van der Waals surface area contributed by atoms with E-state index in [1.54, 1.807) is 4.68 Å². The van der Waals surface area contributed by atoms with Crippen molar-refractivity contribution in [3.63, 3.8) is 0 Å². The van der Waals surface area contributed by atoms with Gasteiger partial charge in [-0.1, -0.05) is 29.4 Å². The topological polar surface area (TPSA) is 67.2 Å². The molecule has 0 radical (unpaired) electrons. The Morgan fingerprint density at radius 3 is 2.50 bits per heavy atom. The first-order valence-electron chi connectivity index (χ1n) is 7.74. The number of aromatic nitrogens is 4. The first-order valence-corrected chi connectivity index (χ1v) is 8.62. The van der Waals surface area contributed by atoms with E-state index in [4.69, 9.17) is 0 Å². The third kappa shape index (κ3) is 2.76. The number of tetrazole rings is 1. The number of thiophene rings is 1. The molecule has 3 aromatic rings. The lowest BCUT2D eigenvalue weighted by Crippen LogP contribution is -2.49. The SMILES string of the molecule is O=C(c1cccs1)N1CCN(c2nnnn2-c2ccccc2)CC1. The van der Waals surface area contributed by atoms with E-state index in [2.05, 4.69) is 20.4 Å². The van der Waals surface area contributed by atoms with Gasteiger partial charge in [-0.3, -0.25) is 4.79 Å². The molecule has 8 heteroatoms. The smallest absolute Gasteiger partial charge is 0.264 e. The maximum absolute atomic E-state index is 12.4. The fraction of sp³-hybridized carbons (Fsp3) is 0.250. The Kier molecular flexibility index (Phi) is 3.96. The molecule has 0 N–H and O–H groups in total. The van der Waals surface area contributed by atoms with Gasteiger partial charge in [0, 0.05) is 26.2 Å². The Hall–Kier alpha value is -2.74. The molecule has 0 atom stereocenters. The molecule has 1 fully saturated rings. The molecule has 1 amide bonds. The van der Waals surface area contributed by atoms with E-state index in [1.807, 2.05) is 52.7 Å². The van der Waals surface area contributed by atoms with Gasteiger partial charge >= 0.3 is 0 Å². The number of benzene rings is 1. The number of carbonyl (C=O) groups excluding carboxylic acids is 1. The van der Waals surface area contributed by atoms with Crippen LogP contribution in [0.1, 0.15) is 9.67 Å². The van der Waals surface area contributed by atoms with Gasteiger partial charge in [-0.25, -0.2) is 0 Å². The normalized spacial score (nSPS) is 14.8. The van der Waals surface area contributed by atoms with Crippen LogP contribution in [-0.2, 0) is 0 Å². The molecule has 2 aromatic heterocycles. The minimum absolute atomic E-state index is 0.104. The quantitative estimate of drug-likeness (QED) is 0.726. The van der Waals surface area contributed by atoms with Crippen LogP contribution in [0.5, 0.6) is 0 Å². The number of hydrogen-bond donors (Lipinski definition) is 0. The zero-order chi connectivity index (χ0) is 16.4. The molecular weight excluding hydrogens is 324 g/mol. The number of anilines is 1. The van der Waals surface area contributed by atoms with Gasteiger partial charge in [0.25, 0.3) is 5.91 Å². The van der Waals surface area contributed by atoms with Crippen LogP contribution in [0.3, 0.4) is 0 Å². The summed E-state index contributed by atoms with van der Waals surface area (Å²) >= 11 is 1.48. The average molecular weight is 340 g/mol. The van der Waals surface area contributed by atoms with Crippen LogP contribution in [-0.4, -0.2) is 57.2 Å². The summed E-state index contributed by atoms with van der Waals surface area (Å²) in [5, 5.41) is 14.0. The highest BCUT2D eigenvalue weighted by Crippen LogP contribution is 2.19. The number of nitrogens with zero attached hydrogens (tertiary/aromatic N) is 6. The Morgan fingerprint density at radius 1 is 1.00 bits per heavy atom. The van der Waals surface area contributed by atoms with Gasteiger partial charge in [0.15, 0.2) is 0 Å². The maximum Gasteiger partial charge on any atom is 0.264 e. The van der Waals surface area contributed by atoms with Gasteiger partial charge in [-0.15, -0.1) is 11.3 Å². The molecule has 1 aliphatic heterocycles. The van der Waals surface area contributed by atoms with Gasteiger partial charge in [0.2, 0.25) is 5.95 Å². The first-order chi connectivity index (χ1) is 11.8. The van der Waals surface area contributed by atoms with Crippen LogP contribution in [0.2, 0.25) is 0 Å². The van der Waals surface area contributed by atoms with Crippen LogP contribution in [0.15, 0.2) is 47.8 Å². The molecule has 1 saturated heterocycles. The van der Waals surface area contributed by atoms with Gasteiger partial charge in [-0.05, 0) is 34.0 Å². The molecule has 1 aromatic carbocycles. The Morgan fingerprint density at radius 2 is 1.79 bits per heavy atom. The van der Waals surface area contributed by atoms with Gasteiger partial charge in [-0.2, -0.15) is 4.68 Å². The van der Waals surface area contributed by atoms with Crippen LogP contribution in [0.4, 0.5) is 5.95 Å². The number of rotatable bonds is 3. The number of carbonyl (C=O) groups is 1. The third-order valence-corrected chi connectivity index (χ3v) is 4.89. The standard InChI is InChI=1S/C16H16N6OS/c23-15(14-7-4-12-24-14)20-8-10-21(11-9-20)16-17-18-19-22(16)13-5-2-1-3-6-13/h1-7,12H,8-11H2. The Labute approximate surface area is 143 Å². The van der Waals surface area contributed by atoms with Crippen LogP contribution >= 0.6 is 11.3 Å². The predicted octanol–water partition coefficient (Wildman–Crippen LogP) is 1.69. The Bertz CT molecular complexity index is 808. The second kappa shape index (κ2) is 6.40. The summed E-state index contributed by atoms with van der Waals surface area (Å²) < 4.78 is 1.73. The number of para-hydroxylation sites is 1. The predicted molar refractivity (Wildman–Crippen MR) is 91.6 cm³/mol. The van der Waals surface area contributed by atoms with Crippen molar-refractivity contribution in [2.24, 2.45) is 0 Å². The number of piperazine rings is 1. The molecule has 1 aliphatic rings. The van der Waals surface area contributed by atoms with E-state index >= 15 is 0 Å². The van der Waals surface area contributed by atoms with Crippen molar-refractivity contribution in [2.45, 2.75) is 0 Å². The van der Waals surface area contributed by atoms with Gasteiger partial charge in [0.05, 0.1) is 10.6 Å². The molecular formula is C16H16N6OS. The third-order valence-electron chi connectivity index (χ3n) is 4.04. The van der Waals surface area contributed by atoms with Crippen molar-refractivity contribution in [1.82, 2.24) is 25.1 Å². The summed E-state index contributed by atoms with van der Waals surface area (Å²) in [6.07, 6.45) is 0. The average Bonchev–Trinajstić information content (AvgIpc) is 3.34. The van der Waals surface area contributed by atoms with Crippen molar-refractivity contribution in [3.8, 4) is 5.69 Å². The lowest BCUT2D eigenvalue weighted by Gasteiger charge is -2.34. The zero-order valence-corrected chi connectivity index (χ0v) is 13.8. The van der Waals surface area contributed by atoms with Crippen molar-refractivity contribution in [1.29, 1.82) is 0 Å². The van der Waals surface area contributed by atoms with E-state index in [9.17, 15) is 4.79 Å². The molecule has 0 saturated carbocycles. The second-order valence-corrected chi connectivity index (χ2v) is 6.43. The highest BCUT2D eigenvalue weighted by molar-refractivity contribution is 7.12. The lowest BCUT2D eigenvalue weighted by molar-refractivity contribution is 0.0751. The van der Waals surface area contributed by atoms with E-state index < -0.39 is 0 Å². The fourth-order valence-corrected chi connectivity index (χ4v) is 3.47. The summed E-state index contributed by atoms with van der Waals surface area (Å²) in [6.45, 7) is 2.76. The number of hydrogen-bond acceptors (Lipinski definition) is 6. The number of amides is 1. The minimum Gasteiger partial charge on any atom is -0.336 e. The van der Waals surface area contributed by atoms with Crippen molar-refractivity contribution >= 4 is 23.2 Å². The summed E-state index contributed by atoms with van der Waals surface area (Å²) in [5.41, 5.74) is 0.926. The lowest BCUT2D eigenvalue weighted by atomic mass is 10.3. The first kappa shape index (κ1) is 14.8. The van der Waals surface area contributed by atoms with Gasteiger partial charge < -0.3 is 9.80 Å². The summed E-state index contributed by atoms with van der Waals surface area (Å²) in [4.78, 5) is 17.2. The van der Waals surface area contributed by atoms with Crippen LogP contribution < -0.4 is 4.90 Å². The molecule has 0 bridgehead atoms. The zero-order valence-electron chi connectivity index (χ0n) is 12.9. The monoisotopic (exact) mass is 340 g/mol. The van der Waals surface area contributed by atoms with E-state index in [1.165, 1.54) is 11.3 Å². The van der Waals surface area contributed by atoms with E-state index in [0.29, 0.717) is 32.1 Å². The van der Waals surface area contributed by atoms with E-state index in [0.717, 1.165) is 10.6 Å². The fourth-order valence-electron chi connectivity index (χ4n) is 2.78. The summed E-state index contributed by atoms with van der Waals surface area (Å²) in [7, 11) is 0. The highest BCUT2D eigenvalue weighted by atomic mass is 32.1. The molecule has 0 spiro atoms. The Balaban J connectivity index is 1.47. The highest BCUT2D eigenvalue weighted by Gasteiger charge is 2.25. The maximum atomic E-state index is 12.4. The van der Waals surface area contributed by atoms with Crippen molar-refractivity contribution in [2.75, 3.05) is 31.1 Å². The van der Waals surface area contributed by atoms with Crippen LogP contribution in [0, 0.1) is 0 Å². The largest absolute Gasteiger partial charge is 0.336 e. The molecule has 3 heterocycles. The molecule has 7 nitrogen and oxygen atoms in total. The molecule has 122 valence electrons. The van der Waals surface area contributed by atoms with Crippen LogP contribution in [0.25, 0.3) is 5.69 Å². The molecule has 24 heavy (non-hydrogen) atoms. The summed E-state index contributed by atoms with van der Waals surface area (Å²) in [5.74, 6) is 0.816. The molecule has 0 aliphatic carbocycles. The minimum atomic E-state index is 0.104. The molecule has 0 unspecified atom stereocenters. The van der Waals surface area contributed by atoms with Gasteiger partial charge in [0.1, 0.15) is 0 Å². The summed E-state index contributed by atoms with van der Waals surface area (Å²) in [6, 6.07) is 13.6. The second-order valence-electron chi connectivity index (χ2n) is 5.48.